The minimum absolute atomic E-state index is 0.0526. The lowest BCUT2D eigenvalue weighted by Crippen LogP contribution is -2.60. The van der Waals surface area contributed by atoms with Gasteiger partial charge in [0, 0.05) is 53.3 Å². The Morgan fingerprint density at radius 1 is 1.26 bits per heavy atom. The Labute approximate surface area is 211 Å². The van der Waals surface area contributed by atoms with Crippen molar-refractivity contribution >= 4 is 61.9 Å². The lowest BCUT2D eigenvalue weighted by atomic mass is 10.0. The molecule has 2 aliphatic heterocycles. The molecule has 0 spiro atoms. The number of benzene rings is 1. The van der Waals surface area contributed by atoms with E-state index in [1.165, 1.54) is 0 Å². The van der Waals surface area contributed by atoms with Gasteiger partial charge >= 0.3 is 0 Å². The van der Waals surface area contributed by atoms with E-state index >= 15 is 0 Å². The normalized spacial score (nSPS) is 21.1. The monoisotopic (exact) mass is 576 g/mol. The number of fused-ring (bicyclic) bond motifs is 3. The van der Waals surface area contributed by atoms with E-state index in [1.54, 1.807) is 12.4 Å². The Morgan fingerprint density at radius 2 is 2.06 bits per heavy atom. The largest absolute Gasteiger partial charge is 0.372 e. The van der Waals surface area contributed by atoms with Gasteiger partial charge in [-0.25, -0.2) is 0 Å². The number of H-pyrrole nitrogens is 1. The standard InChI is InChI=1S/C24H29IN6O3/c1-24(2)14-31(12-21(32)30-7-5-26-6-8-30)20(13-34-24)23(33)29-18-10-15(25)9-17-16-3-4-27-11-19(16)28-22(17)18/h3-4,9-11,20,26,28H,5-8,12-14H2,1-2H3,(H,29,33)/t20-/m0/s1. The SMILES string of the molecule is CC1(C)CN(CC(=O)N2CCNCC2)[C@H](C(=O)Nc2cc(I)cc3c2[nH]c2cnccc23)CO1. The smallest absolute Gasteiger partial charge is 0.244 e. The minimum Gasteiger partial charge on any atom is -0.372 e. The van der Waals surface area contributed by atoms with Crippen molar-refractivity contribution in [2.45, 2.75) is 25.5 Å². The van der Waals surface area contributed by atoms with E-state index in [2.05, 4.69) is 49.3 Å². The van der Waals surface area contributed by atoms with E-state index in [0.29, 0.717) is 25.3 Å². The fourth-order valence-corrected chi connectivity index (χ4v) is 5.41. The Bertz CT molecular complexity index is 1240. The maximum atomic E-state index is 13.5. The van der Waals surface area contributed by atoms with Gasteiger partial charge in [0.05, 0.1) is 41.7 Å². The van der Waals surface area contributed by atoms with Crippen LogP contribution in [-0.2, 0) is 14.3 Å². The molecule has 180 valence electrons. The number of ether oxygens (including phenoxy) is 1. The number of nitrogens with one attached hydrogen (secondary N) is 3. The summed E-state index contributed by atoms with van der Waals surface area (Å²) in [5, 5.41) is 8.48. The number of anilines is 1. The highest BCUT2D eigenvalue weighted by Crippen LogP contribution is 2.32. The molecule has 2 aliphatic rings. The van der Waals surface area contributed by atoms with Gasteiger partial charge in [-0.15, -0.1) is 0 Å². The number of hydrogen-bond donors (Lipinski definition) is 3. The molecule has 2 saturated heterocycles. The predicted molar refractivity (Wildman–Crippen MR) is 140 cm³/mol. The summed E-state index contributed by atoms with van der Waals surface area (Å²) in [7, 11) is 0. The summed E-state index contributed by atoms with van der Waals surface area (Å²) in [6.07, 6.45) is 3.55. The summed E-state index contributed by atoms with van der Waals surface area (Å²) in [4.78, 5) is 37.9. The van der Waals surface area contributed by atoms with Gasteiger partial charge < -0.3 is 25.3 Å². The highest BCUT2D eigenvalue weighted by Gasteiger charge is 2.39. The number of amides is 2. The van der Waals surface area contributed by atoms with Gasteiger partial charge in [-0.2, -0.15) is 0 Å². The molecule has 3 aromatic rings. The van der Waals surface area contributed by atoms with Crippen LogP contribution in [0.3, 0.4) is 0 Å². The second kappa shape index (κ2) is 9.40. The van der Waals surface area contributed by atoms with E-state index in [9.17, 15) is 9.59 Å². The highest BCUT2D eigenvalue weighted by molar-refractivity contribution is 14.1. The molecule has 2 aromatic heterocycles. The van der Waals surface area contributed by atoms with Crippen LogP contribution in [0.1, 0.15) is 13.8 Å². The summed E-state index contributed by atoms with van der Waals surface area (Å²) in [6, 6.07) is 5.46. The summed E-state index contributed by atoms with van der Waals surface area (Å²) in [5.74, 6) is -0.125. The average molecular weight is 576 g/mol. The van der Waals surface area contributed by atoms with Crippen molar-refractivity contribution in [2.24, 2.45) is 0 Å². The van der Waals surface area contributed by atoms with E-state index < -0.39 is 11.6 Å². The van der Waals surface area contributed by atoms with Crippen molar-refractivity contribution in [3.05, 3.63) is 34.2 Å². The van der Waals surface area contributed by atoms with Crippen LogP contribution >= 0.6 is 22.6 Å². The van der Waals surface area contributed by atoms with E-state index in [-0.39, 0.29) is 25.0 Å². The molecule has 0 aliphatic carbocycles. The number of halogens is 1. The number of pyridine rings is 1. The number of morpholine rings is 1. The molecule has 1 atom stereocenters. The van der Waals surface area contributed by atoms with Gasteiger partial charge in [0.1, 0.15) is 6.04 Å². The molecule has 4 heterocycles. The molecular weight excluding hydrogens is 547 g/mol. The lowest BCUT2D eigenvalue weighted by molar-refractivity contribution is -0.150. The quantitative estimate of drug-likeness (QED) is 0.412. The number of aromatic amines is 1. The molecular formula is C24H29IN6O3. The zero-order valence-corrected chi connectivity index (χ0v) is 21.5. The van der Waals surface area contributed by atoms with Crippen LogP contribution in [-0.4, -0.2) is 89.1 Å². The molecule has 1 aromatic carbocycles. The van der Waals surface area contributed by atoms with Crippen LogP contribution in [0.15, 0.2) is 30.6 Å². The van der Waals surface area contributed by atoms with Gasteiger partial charge in [-0.05, 0) is 54.6 Å². The van der Waals surface area contributed by atoms with Crippen LogP contribution in [0, 0.1) is 3.57 Å². The van der Waals surface area contributed by atoms with Gasteiger partial charge in [0.25, 0.3) is 0 Å². The number of carbonyl (C=O) groups excluding carboxylic acids is 2. The van der Waals surface area contributed by atoms with Crippen LogP contribution < -0.4 is 10.6 Å². The fraction of sp³-hybridized carbons (Fsp3) is 0.458. The van der Waals surface area contributed by atoms with Crippen molar-refractivity contribution in [3.8, 4) is 0 Å². The number of piperazine rings is 1. The summed E-state index contributed by atoms with van der Waals surface area (Å²) in [6.45, 7) is 7.90. The summed E-state index contributed by atoms with van der Waals surface area (Å²) < 4.78 is 7.02. The first-order valence-electron chi connectivity index (χ1n) is 11.5. The van der Waals surface area contributed by atoms with Crippen molar-refractivity contribution in [3.63, 3.8) is 0 Å². The van der Waals surface area contributed by atoms with Gasteiger partial charge in [-0.3, -0.25) is 19.5 Å². The highest BCUT2D eigenvalue weighted by atomic mass is 127. The predicted octanol–water partition coefficient (Wildman–Crippen LogP) is 2.17. The van der Waals surface area contributed by atoms with Crippen molar-refractivity contribution in [1.82, 2.24) is 25.1 Å². The number of carbonyl (C=O) groups is 2. The third kappa shape index (κ3) is 4.77. The van der Waals surface area contributed by atoms with Crippen molar-refractivity contribution in [1.29, 1.82) is 0 Å². The van der Waals surface area contributed by atoms with Crippen LogP contribution in [0.2, 0.25) is 0 Å². The minimum atomic E-state index is -0.557. The molecule has 5 rings (SSSR count). The topological polar surface area (TPSA) is 103 Å². The zero-order chi connectivity index (χ0) is 23.9. The molecule has 0 radical (unpaired) electrons. The number of aromatic nitrogens is 2. The first kappa shape index (κ1) is 23.5. The Hall–Kier alpha value is -2.28. The maximum Gasteiger partial charge on any atom is 0.244 e. The first-order chi connectivity index (χ1) is 16.3. The molecule has 9 nitrogen and oxygen atoms in total. The lowest BCUT2D eigenvalue weighted by Gasteiger charge is -2.43. The van der Waals surface area contributed by atoms with Crippen LogP contribution in [0.5, 0.6) is 0 Å². The Morgan fingerprint density at radius 3 is 2.85 bits per heavy atom. The van der Waals surface area contributed by atoms with Crippen molar-refractivity contribution in [2.75, 3.05) is 51.2 Å². The van der Waals surface area contributed by atoms with E-state index in [1.807, 2.05) is 35.8 Å². The molecule has 0 saturated carbocycles. The zero-order valence-electron chi connectivity index (χ0n) is 19.4. The average Bonchev–Trinajstić information content (AvgIpc) is 3.18. The van der Waals surface area contributed by atoms with Crippen LogP contribution in [0.25, 0.3) is 21.8 Å². The first-order valence-corrected chi connectivity index (χ1v) is 12.6. The van der Waals surface area contributed by atoms with Crippen molar-refractivity contribution < 1.29 is 14.3 Å². The maximum absolute atomic E-state index is 13.5. The third-order valence-corrected chi connectivity index (χ3v) is 7.12. The van der Waals surface area contributed by atoms with Crippen LogP contribution in [0.4, 0.5) is 5.69 Å². The number of hydrogen-bond acceptors (Lipinski definition) is 6. The van der Waals surface area contributed by atoms with Gasteiger partial charge in [0.15, 0.2) is 0 Å². The Kier molecular flexibility index (Phi) is 6.49. The van der Waals surface area contributed by atoms with E-state index in [0.717, 1.165) is 38.5 Å². The second-order valence-electron chi connectivity index (χ2n) is 9.53. The fourth-order valence-electron chi connectivity index (χ4n) is 4.78. The molecule has 2 amide bonds. The molecule has 0 unspecified atom stereocenters. The number of nitrogens with zero attached hydrogens (tertiary/aromatic N) is 3. The summed E-state index contributed by atoms with van der Waals surface area (Å²) in [5.41, 5.74) is 2.06. The molecule has 34 heavy (non-hydrogen) atoms. The second-order valence-corrected chi connectivity index (χ2v) is 10.8. The van der Waals surface area contributed by atoms with Gasteiger partial charge in [0.2, 0.25) is 11.8 Å². The molecule has 0 bridgehead atoms. The molecule has 10 heteroatoms. The molecule has 2 fully saturated rings. The number of rotatable bonds is 4. The van der Waals surface area contributed by atoms with Gasteiger partial charge in [-0.1, -0.05) is 0 Å². The molecule has 3 N–H and O–H groups in total. The van der Waals surface area contributed by atoms with E-state index in [4.69, 9.17) is 4.74 Å². The summed E-state index contributed by atoms with van der Waals surface area (Å²) >= 11 is 2.26. The Balaban J connectivity index is 1.40. The third-order valence-electron chi connectivity index (χ3n) is 6.50.